The average molecular weight is 448 g/mol. The molecule has 0 saturated carbocycles. The standard InChI is InChI=1S/C28H33NO4/c1-5-32-26-15-12-22(28(30)29-17-16-21-10-13-24(31-4)14-11-21)18-23(26)19-33-27-9-7-6-8-25(27)20(2)3/h6-15,18,20H,5,16-17,19H2,1-4H3,(H,29,30). The monoisotopic (exact) mass is 447 g/mol. The van der Waals surface area contributed by atoms with E-state index >= 15 is 0 Å². The summed E-state index contributed by atoms with van der Waals surface area (Å²) in [7, 11) is 1.65. The van der Waals surface area contributed by atoms with Gasteiger partial charge in [-0.2, -0.15) is 0 Å². The molecule has 0 aliphatic rings. The molecule has 3 aromatic carbocycles. The van der Waals surface area contributed by atoms with E-state index in [1.807, 2.05) is 61.5 Å². The molecule has 0 aliphatic heterocycles. The molecule has 0 aliphatic carbocycles. The van der Waals surface area contributed by atoms with Crippen molar-refractivity contribution in [3.63, 3.8) is 0 Å². The number of methoxy groups -OCH3 is 1. The quantitative estimate of drug-likeness (QED) is 0.405. The van der Waals surface area contributed by atoms with Gasteiger partial charge in [0.1, 0.15) is 23.9 Å². The summed E-state index contributed by atoms with van der Waals surface area (Å²) in [6.45, 7) is 7.65. The van der Waals surface area contributed by atoms with Crippen LogP contribution in [-0.4, -0.2) is 26.2 Å². The Morgan fingerprint density at radius 1 is 0.939 bits per heavy atom. The Bertz CT molecular complexity index is 1040. The van der Waals surface area contributed by atoms with E-state index in [1.54, 1.807) is 13.2 Å². The Morgan fingerprint density at radius 3 is 2.39 bits per heavy atom. The van der Waals surface area contributed by atoms with Crippen molar-refractivity contribution < 1.29 is 19.0 Å². The highest BCUT2D eigenvalue weighted by Gasteiger charge is 2.13. The third kappa shape index (κ3) is 6.75. The summed E-state index contributed by atoms with van der Waals surface area (Å²) < 4.78 is 17.1. The summed E-state index contributed by atoms with van der Waals surface area (Å²) in [5.74, 6) is 2.65. The number of hydrogen-bond acceptors (Lipinski definition) is 4. The molecule has 5 heteroatoms. The minimum atomic E-state index is -0.115. The molecule has 0 unspecified atom stereocenters. The lowest BCUT2D eigenvalue weighted by Gasteiger charge is -2.16. The van der Waals surface area contributed by atoms with Crippen molar-refractivity contribution in [2.75, 3.05) is 20.3 Å². The SMILES string of the molecule is CCOc1ccc(C(=O)NCCc2ccc(OC)cc2)cc1COc1ccccc1C(C)C. The van der Waals surface area contributed by atoms with Gasteiger partial charge in [0.2, 0.25) is 0 Å². The Hall–Kier alpha value is -3.47. The smallest absolute Gasteiger partial charge is 0.251 e. The molecule has 3 aromatic rings. The second kappa shape index (κ2) is 12.0. The summed E-state index contributed by atoms with van der Waals surface area (Å²) in [5, 5.41) is 3.00. The van der Waals surface area contributed by atoms with Crippen LogP contribution in [0.25, 0.3) is 0 Å². The van der Waals surface area contributed by atoms with Gasteiger partial charge in [-0.1, -0.05) is 44.2 Å². The first-order chi connectivity index (χ1) is 16.0. The second-order valence-electron chi connectivity index (χ2n) is 8.09. The molecule has 0 radical (unpaired) electrons. The van der Waals surface area contributed by atoms with Crippen LogP contribution in [0.5, 0.6) is 17.2 Å². The molecule has 33 heavy (non-hydrogen) atoms. The molecule has 5 nitrogen and oxygen atoms in total. The number of carbonyl (C=O) groups is 1. The van der Waals surface area contributed by atoms with Crippen LogP contribution in [0.1, 0.15) is 53.7 Å². The van der Waals surface area contributed by atoms with Gasteiger partial charge in [-0.15, -0.1) is 0 Å². The van der Waals surface area contributed by atoms with E-state index in [4.69, 9.17) is 14.2 Å². The zero-order chi connectivity index (χ0) is 23.6. The van der Waals surface area contributed by atoms with Crippen LogP contribution < -0.4 is 19.5 Å². The maximum atomic E-state index is 12.8. The number of para-hydroxylation sites is 1. The van der Waals surface area contributed by atoms with Gasteiger partial charge in [-0.25, -0.2) is 0 Å². The number of ether oxygens (including phenoxy) is 3. The zero-order valence-electron chi connectivity index (χ0n) is 19.9. The molecular weight excluding hydrogens is 414 g/mol. The minimum absolute atomic E-state index is 0.115. The first kappa shape index (κ1) is 24.2. The Labute approximate surface area is 196 Å². The summed E-state index contributed by atoms with van der Waals surface area (Å²) in [5.41, 5.74) is 3.73. The molecule has 0 atom stereocenters. The van der Waals surface area contributed by atoms with E-state index in [-0.39, 0.29) is 5.91 Å². The molecule has 0 fully saturated rings. The topological polar surface area (TPSA) is 56.8 Å². The van der Waals surface area contributed by atoms with Crippen molar-refractivity contribution in [2.24, 2.45) is 0 Å². The first-order valence-corrected chi connectivity index (χ1v) is 11.4. The van der Waals surface area contributed by atoms with Gasteiger partial charge in [0, 0.05) is 17.7 Å². The number of nitrogens with one attached hydrogen (secondary N) is 1. The van der Waals surface area contributed by atoms with Crippen molar-refractivity contribution in [3.05, 3.63) is 89.0 Å². The predicted molar refractivity (Wildman–Crippen MR) is 132 cm³/mol. The zero-order valence-corrected chi connectivity index (χ0v) is 19.9. The van der Waals surface area contributed by atoms with Gasteiger partial charge in [0.15, 0.2) is 0 Å². The normalized spacial score (nSPS) is 10.7. The largest absolute Gasteiger partial charge is 0.497 e. The average Bonchev–Trinajstić information content (AvgIpc) is 2.84. The van der Waals surface area contributed by atoms with Gasteiger partial charge in [-0.05, 0) is 66.8 Å². The lowest BCUT2D eigenvalue weighted by Crippen LogP contribution is -2.25. The third-order valence-electron chi connectivity index (χ3n) is 5.40. The highest BCUT2D eigenvalue weighted by Crippen LogP contribution is 2.28. The summed E-state index contributed by atoms with van der Waals surface area (Å²) in [4.78, 5) is 12.8. The van der Waals surface area contributed by atoms with Crippen molar-refractivity contribution in [1.82, 2.24) is 5.32 Å². The fourth-order valence-corrected chi connectivity index (χ4v) is 3.59. The van der Waals surface area contributed by atoms with Crippen LogP contribution in [0.2, 0.25) is 0 Å². The van der Waals surface area contributed by atoms with E-state index in [1.165, 1.54) is 0 Å². The van der Waals surface area contributed by atoms with Gasteiger partial charge in [0.25, 0.3) is 5.91 Å². The molecule has 0 spiro atoms. The van der Waals surface area contributed by atoms with E-state index in [9.17, 15) is 4.79 Å². The predicted octanol–water partition coefficient (Wildman–Crippen LogP) is 5.77. The number of amides is 1. The fourth-order valence-electron chi connectivity index (χ4n) is 3.59. The maximum Gasteiger partial charge on any atom is 0.251 e. The van der Waals surface area contributed by atoms with E-state index in [0.717, 1.165) is 40.4 Å². The van der Waals surface area contributed by atoms with Crippen molar-refractivity contribution in [1.29, 1.82) is 0 Å². The Balaban J connectivity index is 1.66. The van der Waals surface area contributed by atoms with Crippen LogP contribution in [0.3, 0.4) is 0 Å². The molecule has 3 rings (SSSR count). The lowest BCUT2D eigenvalue weighted by atomic mass is 10.0. The molecule has 0 bridgehead atoms. The molecular formula is C28H33NO4. The highest BCUT2D eigenvalue weighted by molar-refractivity contribution is 5.94. The molecule has 1 N–H and O–H groups in total. The van der Waals surface area contributed by atoms with Gasteiger partial charge in [-0.3, -0.25) is 4.79 Å². The van der Waals surface area contributed by atoms with Gasteiger partial charge < -0.3 is 19.5 Å². The van der Waals surface area contributed by atoms with Crippen LogP contribution in [0.4, 0.5) is 0 Å². The van der Waals surface area contributed by atoms with Crippen molar-refractivity contribution >= 4 is 5.91 Å². The summed E-state index contributed by atoms with van der Waals surface area (Å²) in [6.07, 6.45) is 0.745. The first-order valence-electron chi connectivity index (χ1n) is 11.4. The fraction of sp³-hybridized carbons (Fsp3) is 0.321. The summed E-state index contributed by atoms with van der Waals surface area (Å²) >= 11 is 0. The molecule has 0 saturated heterocycles. The highest BCUT2D eigenvalue weighted by atomic mass is 16.5. The van der Waals surface area contributed by atoms with Crippen molar-refractivity contribution in [2.45, 2.75) is 39.7 Å². The number of carbonyl (C=O) groups excluding carboxylic acids is 1. The lowest BCUT2D eigenvalue weighted by molar-refractivity contribution is 0.0954. The van der Waals surface area contributed by atoms with Crippen molar-refractivity contribution in [3.8, 4) is 17.2 Å². The molecule has 0 aromatic heterocycles. The van der Waals surface area contributed by atoms with E-state index in [0.29, 0.717) is 31.2 Å². The maximum absolute atomic E-state index is 12.8. The number of hydrogen-bond donors (Lipinski definition) is 1. The number of rotatable bonds is 11. The molecule has 0 heterocycles. The van der Waals surface area contributed by atoms with Crippen LogP contribution in [0, 0.1) is 0 Å². The third-order valence-corrected chi connectivity index (χ3v) is 5.40. The summed E-state index contributed by atoms with van der Waals surface area (Å²) in [6, 6.07) is 21.4. The van der Waals surface area contributed by atoms with Gasteiger partial charge >= 0.3 is 0 Å². The number of benzene rings is 3. The van der Waals surface area contributed by atoms with Crippen LogP contribution in [0.15, 0.2) is 66.7 Å². The van der Waals surface area contributed by atoms with Gasteiger partial charge in [0.05, 0.1) is 13.7 Å². The Morgan fingerprint density at radius 2 is 1.70 bits per heavy atom. The molecule has 174 valence electrons. The minimum Gasteiger partial charge on any atom is -0.497 e. The second-order valence-corrected chi connectivity index (χ2v) is 8.09. The Kier molecular flexibility index (Phi) is 8.76. The van der Waals surface area contributed by atoms with E-state index < -0.39 is 0 Å². The van der Waals surface area contributed by atoms with Crippen LogP contribution >= 0.6 is 0 Å². The van der Waals surface area contributed by atoms with Crippen LogP contribution in [-0.2, 0) is 13.0 Å². The molecule has 1 amide bonds. The van der Waals surface area contributed by atoms with E-state index in [2.05, 4.69) is 25.2 Å².